The van der Waals surface area contributed by atoms with Crippen LogP contribution in [0, 0.1) is 0 Å². The van der Waals surface area contributed by atoms with Crippen molar-refractivity contribution in [1.82, 2.24) is 0 Å². The van der Waals surface area contributed by atoms with Crippen molar-refractivity contribution in [3.05, 3.63) is 149 Å². The third-order valence-electron chi connectivity index (χ3n) is 6.54. The van der Waals surface area contributed by atoms with Gasteiger partial charge in [-0.2, -0.15) is 0 Å². The van der Waals surface area contributed by atoms with E-state index in [0.717, 1.165) is 39.0 Å². The second kappa shape index (κ2) is 13.6. The maximum atomic E-state index is 10.9. The van der Waals surface area contributed by atoms with Crippen LogP contribution >= 0.6 is 34.8 Å². The first-order valence-corrected chi connectivity index (χ1v) is 14.2. The summed E-state index contributed by atoms with van der Waals surface area (Å²) >= 11 is 17.8. The molecule has 0 aromatic heterocycles. The van der Waals surface area contributed by atoms with E-state index in [-0.39, 0.29) is 0 Å². The fourth-order valence-electron chi connectivity index (χ4n) is 4.38. The van der Waals surface area contributed by atoms with Crippen LogP contribution in [0.4, 0.5) is 0 Å². The zero-order chi connectivity index (χ0) is 29.5. The van der Waals surface area contributed by atoms with Crippen LogP contribution in [0.5, 0.6) is 11.5 Å². The molecule has 0 radical (unpaired) electrons. The van der Waals surface area contributed by atoms with Crippen molar-refractivity contribution in [3.63, 3.8) is 0 Å². The maximum Gasteiger partial charge on any atom is 0.360 e. The number of hydrogen-bond donors (Lipinski definition) is 1. The molecule has 5 aromatic carbocycles. The van der Waals surface area contributed by atoms with E-state index in [0.29, 0.717) is 28.2 Å². The molecule has 1 atom stereocenters. The Morgan fingerprint density at radius 3 is 1.40 bits per heavy atom. The summed E-state index contributed by atoms with van der Waals surface area (Å²) in [4.78, 5) is 10.9. The van der Waals surface area contributed by atoms with Crippen LogP contribution in [-0.2, 0) is 4.79 Å². The molecule has 5 aromatic rings. The van der Waals surface area contributed by atoms with Gasteiger partial charge in [-0.3, -0.25) is 0 Å². The average molecular weight is 616 g/mol. The number of ether oxygens (including phenoxy) is 2. The van der Waals surface area contributed by atoms with Crippen molar-refractivity contribution in [2.24, 2.45) is 0 Å². The predicted octanol–water partition coefficient (Wildman–Crippen LogP) is 9.87. The molecular weight excluding hydrogens is 591 g/mol. The summed E-state index contributed by atoms with van der Waals surface area (Å²) in [6.07, 6.45) is 2.04. The lowest BCUT2D eigenvalue weighted by molar-refractivity contribution is -0.141. The van der Waals surface area contributed by atoms with Crippen LogP contribution < -0.4 is 9.47 Å². The molecule has 0 bridgehead atoms. The van der Waals surface area contributed by atoms with Gasteiger partial charge < -0.3 is 14.6 Å². The van der Waals surface area contributed by atoms with Gasteiger partial charge in [0.05, 0.1) is 0 Å². The molecule has 0 heterocycles. The topological polar surface area (TPSA) is 55.8 Å². The summed E-state index contributed by atoms with van der Waals surface area (Å²) in [5.74, 6) is -0.310. The lowest BCUT2D eigenvalue weighted by Crippen LogP contribution is -2.20. The van der Waals surface area contributed by atoms with Crippen LogP contribution in [0.2, 0.25) is 10.0 Å². The highest BCUT2D eigenvalue weighted by molar-refractivity contribution is 6.31. The molecule has 210 valence electrons. The minimum Gasteiger partial charge on any atom is -0.490 e. The Labute approximate surface area is 259 Å². The number of carbonyl (C=O) groups is 1. The quantitative estimate of drug-likeness (QED) is 0.159. The van der Waals surface area contributed by atoms with Crippen molar-refractivity contribution in [1.29, 1.82) is 0 Å². The molecule has 0 fully saturated rings. The fourth-order valence-corrected chi connectivity index (χ4v) is 4.73. The molecule has 1 unspecified atom stereocenters. The average Bonchev–Trinajstić information content (AvgIpc) is 3.01. The molecule has 0 spiro atoms. The van der Waals surface area contributed by atoms with Crippen LogP contribution in [-0.4, -0.2) is 23.2 Å². The second-order valence-corrected chi connectivity index (χ2v) is 10.6. The number of hydrogen-bond acceptors (Lipinski definition) is 3. The number of rotatable bonds is 10. The van der Waals surface area contributed by atoms with Gasteiger partial charge in [0.1, 0.15) is 18.1 Å². The van der Waals surface area contributed by atoms with Gasteiger partial charge in [0, 0.05) is 10.0 Å². The number of alkyl halides is 1. The Morgan fingerprint density at radius 1 is 0.619 bits per heavy atom. The van der Waals surface area contributed by atoms with Gasteiger partial charge >= 0.3 is 5.97 Å². The van der Waals surface area contributed by atoms with E-state index >= 15 is 0 Å². The highest BCUT2D eigenvalue weighted by atomic mass is 35.5. The van der Waals surface area contributed by atoms with Crippen molar-refractivity contribution in [2.75, 3.05) is 6.61 Å². The Balaban J connectivity index is 1.38. The van der Waals surface area contributed by atoms with E-state index in [1.165, 1.54) is 0 Å². The van der Waals surface area contributed by atoms with E-state index in [1.807, 2.05) is 54.6 Å². The summed E-state index contributed by atoms with van der Waals surface area (Å²) in [5, 5.41) is 10.3. The molecular formula is C35H25Cl3O4. The summed E-state index contributed by atoms with van der Waals surface area (Å²) in [5.41, 5.74) is 6.00. The molecule has 7 heteroatoms. The van der Waals surface area contributed by atoms with Gasteiger partial charge in [0.2, 0.25) is 0 Å². The molecule has 1 N–H and O–H groups in total. The van der Waals surface area contributed by atoms with Gasteiger partial charge in [-0.15, -0.1) is 0 Å². The minimum absolute atomic E-state index is 0.306. The van der Waals surface area contributed by atoms with Crippen LogP contribution in [0.3, 0.4) is 0 Å². The molecule has 0 aliphatic heterocycles. The van der Waals surface area contributed by atoms with Crippen LogP contribution in [0.1, 0.15) is 11.1 Å². The van der Waals surface area contributed by atoms with E-state index in [9.17, 15) is 4.79 Å². The zero-order valence-corrected chi connectivity index (χ0v) is 24.5. The van der Waals surface area contributed by atoms with Crippen molar-refractivity contribution < 1.29 is 19.4 Å². The fraction of sp³-hybridized carbons (Fsp3) is 0.0571. The molecule has 5 rings (SSSR count). The Kier molecular flexibility index (Phi) is 9.50. The summed E-state index contributed by atoms with van der Waals surface area (Å²) < 4.78 is 11.2. The number of carboxylic acids is 1. The van der Waals surface area contributed by atoms with Crippen molar-refractivity contribution in [3.8, 4) is 33.8 Å². The van der Waals surface area contributed by atoms with Gasteiger partial charge in [-0.1, -0.05) is 108 Å². The van der Waals surface area contributed by atoms with Gasteiger partial charge in [-0.25, -0.2) is 4.79 Å². The Hall–Kier alpha value is -4.22. The smallest absolute Gasteiger partial charge is 0.360 e. The second-order valence-electron chi connectivity index (χ2n) is 9.34. The van der Waals surface area contributed by atoms with E-state index in [4.69, 9.17) is 49.4 Å². The molecule has 0 amide bonds. The van der Waals surface area contributed by atoms with Crippen LogP contribution in [0.25, 0.3) is 27.8 Å². The molecule has 0 saturated carbocycles. The Morgan fingerprint density at radius 2 is 1.00 bits per heavy atom. The first-order chi connectivity index (χ1) is 20.4. The molecule has 4 nitrogen and oxygen atoms in total. The first-order valence-electron chi connectivity index (χ1n) is 13.0. The summed E-state index contributed by atoms with van der Waals surface area (Å²) in [6.45, 7) is 0.306. The first kappa shape index (κ1) is 29.3. The monoisotopic (exact) mass is 614 g/mol. The SMILES string of the molecule is O=C(O)C(Cl)Oc1ccc(OCC=C(c2ccc(-c3ccc(Cl)cc3)cc2)c2ccc(-c3ccc(Cl)cc3)cc2)cc1. The number of halogens is 3. The highest BCUT2D eigenvalue weighted by Gasteiger charge is 2.15. The van der Waals surface area contributed by atoms with E-state index < -0.39 is 11.5 Å². The third-order valence-corrected chi connectivity index (χ3v) is 7.32. The number of carboxylic acid groups (broad SMARTS) is 1. The van der Waals surface area contributed by atoms with Crippen molar-refractivity contribution >= 4 is 46.3 Å². The van der Waals surface area contributed by atoms with Gasteiger partial charge in [0.25, 0.3) is 5.56 Å². The largest absolute Gasteiger partial charge is 0.490 e. The minimum atomic E-state index is -1.46. The van der Waals surface area contributed by atoms with E-state index in [2.05, 4.69) is 48.5 Å². The number of aliphatic carboxylic acids is 1. The number of benzene rings is 5. The van der Waals surface area contributed by atoms with Crippen LogP contribution in [0.15, 0.2) is 127 Å². The lowest BCUT2D eigenvalue weighted by atomic mass is 9.94. The molecule has 0 saturated heterocycles. The highest BCUT2D eigenvalue weighted by Crippen LogP contribution is 2.30. The maximum absolute atomic E-state index is 10.9. The normalized spacial score (nSPS) is 11.4. The molecule has 0 aliphatic carbocycles. The molecule has 0 aliphatic rings. The Bertz CT molecular complexity index is 1570. The van der Waals surface area contributed by atoms with Crippen molar-refractivity contribution in [2.45, 2.75) is 5.56 Å². The third kappa shape index (κ3) is 7.54. The summed E-state index contributed by atoms with van der Waals surface area (Å²) in [6, 6.07) is 38.9. The van der Waals surface area contributed by atoms with Gasteiger partial charge in [0.15, 0.2) is 0 Å². The summed E-state index contributed by atoms with van der Waals surface area (Å²) in [7, 11) is 0. The van der Waals surface area contributed by atoms with Gasteiger partial charge in [-0.05, 0) is 93.6 Å². The predicted molar refractivity (Wildman–Crippen MR) is 171 cm³/mol. The van der Waals surface area contributed by atoms with E-state index in [1.54, 1.807) is 24.3 Å². The zero-order valence-electron chi connectivity index (χ0n) is 22.2. The lowest BCUT2D eigenvalue weighted by Gasteiger charge is -2.13. The molecule has 42 heavy (non-hydrogen) atoms. The standard InChI is InChI=1S/C35H25Cl3O4/c36-29-13-9-25(10-14-29)23-1-5-27(6-2-23)33(28-7-3-24(4-8-28)26-11-15-30(37)16-12-26)21-22-41-31-17-19-32(20-18-31)42-34(38)35(39)40/h1-21,34H,22H2,(H,39,40).